The molecule has 164 valence electrons. The molecule has 1 atom stereocenters. The summed E-state index contributed by atoms with van der Waals surface area (Å²) in [4.78, 5) is 31.1. The van der Waals surface area contributed by atoms with E-state index in [1.165, 1.54) is 54.6 Å². The van der Waals surface area contributed by atoms with E-state index in [1.54, 1.807) is 10.7 Å². The number of hydrogen-bond acceptors (Lipinski definition) is 5. The summed E-state index contributed by atoms with van der Waals surface area (Å²) in [5.74, 6) is 0.896. The Hall–Kier alpha value is -2.71. The first-order valence-corrected chi connectivity index (χ1v) is 11.3. The second-order valence-electron chi connectivity index (χ2n) is 9.10. The molecule has 31 heavy (non-hydrogen) atoms. The van der Waals surface area contributed by atoms with Crippen molar-refractivity contribution >= 4 is 5.52 Å². The molecule has 0 spiro atoms. The van der Waals surface area contributed by atoms with Crippen molar-refractivity contribution in [2.24, 2.45) is 5.92 Å². The van der Waals surface area contributed by atoms with Crippen LogP contribution in [0, 0.1) is 5.92 Å². The van der Waals surface area contributed by atoms with Gasteiger partial charge in [-0.2, -0.15) is 5.10 Å². The lowest BCUT2D eigenvalue weighted by Crippen LogP contribution is -2.52. The van der Waals surface area contributed by atoms with Crippen LogP contribution in [0.2, 0.25) is 0 Å². The third-order valence-electron chi connectivity index (χ3n) is 6.87. The molecule has 1 saturated carbocycles. The quantitative estimate of drug-likeness (QED) is 0.679. The molecule has 0 radical (unpaired) electrons. The van der Waals surface area contributed by atoms with Gasteiger partial charge in [0.15, 0.2) is 0 Å². The summed E-state index contributed by atoms with van der Waals surface area (Å²) in [6.45, 7) is 7.76. The summed E-state index contributed by atoms with van der Waals surface area (Å²) < 4.78 is 3.19. The Kier molecular flexibility index (Phi) is 5.50. The number of fused-ring (bicyclic) bond motifs is 1. The highest BCUT2D eigenvalue weighted by atomic mass is 16.2. The highest BCUT2D eigenvalue weighted by Crippen LogP contribution is 2.27. The van der Waals surface area contributed by atoms with Crippen molar-refractivity contribution in [2.75, 3.05) is 26.2 Å². The predicted octanol–water partition coefficient (Wildman–Crippen LogP) is 1.87. The van der Waals surface area contributed by atoms with Crippen LogP contribution in [0.25, 0.3) is 11.2 Å². The Morgan fingerprint density at radius 1 is 1.13 bits per heavy atom. The highest BCUT2D eigenvalue weighted by molar-refractivity contribution is 5.64. The first-order chi connectivity index (χ1) is 15.1. The van der Waals surface area contributed by atoms with Crippen molar-refractivity contribution in [3.05, 3.63) is 63.2 Å². The molecular weight excluding hydrogens is 392 g/mol. The Morgan fingerprint density at radius 3 is 2.74 bits per heavy atom. The molecule has 3 aromatic rings. The average molecular weight is 423 g/mol. The van der Waals surface area contributed by atoms with Gasteiger partial charge in [0.05, 0.1) is 17.4 Å². The maximum Gasteiger partial charge on any atom is 0.333 e. The van der Waals surface area contributed by atoms with E-state index in [1.807, 2.05) is 6.20 Å². The zero-order valence-corrected chi connectivity index (χ0v) is 18.0. The molecule has 0 amide bonds. The molecule has 0 bridgehead atoms. The molecule has 8 heteroatoms. The van der Waals surface area contributed by atoms with Gasteiger partial charge in [-0.3, -0.25) is 24.1 Å². The van der Waals surface area contributed by atoms with Crippen LogP contribution in [0.1, 0.15) is 38.2 Å². The Bertz CT molecular complexity index is 1170. The molecule has 1 N–H and O–H groups in total. The number of rotatable bonds is 5. The molecule has 4 heterocycles. The van der Waals surface area contributed by atoms with Crippen LogP contribution in [0.4, 0.5) is 0 Å². The summed E-state index contributed by atoms with van der Waals surface area (Å²) in [5.41, 5.74) is 1.85. The normalized spacial score (nSPS) is 21.3. The topological polar surface area (TPSA) is 78.6 Å². The minimum absolute atomic E-state index is 0.403. The van der Waals surface area contributed by atoms with Crippen LogP contribution in [0.5, 0.6) is 0 Å². The van der Waals surface area contributed by atoms with Crippen LogP contribution < -0.4 is 11.2 Å². The molecule has 1 aliphatic heterocycles. The number of nitrogens with zero attached hydrogens (tertiary/aromatic N) is 5. The fourth-order valence-electron chi connectivity index (χ4n) is 5.17. The van der Waals surface area contributed by atoms with Gasteiger partial charge in [-0.25, -0.2) is 9.31 Å². The van der Waals surface area contributed by atoms with Gasteiger partial charge in [-0.05, 0) is 43.4 Å². The Morgan fingerprint density at radius 2 is 1.97 bits per heavy atom. The summed E-state index contributed by atoms with van der Waals surface area (Å²) >= 11 is 0. The molecule has 8 nitrogen and oxygen atoms in total. The SMILES string of the molecule is CC1CN(Cc2ccn3ncc(-n4ccc(=O)[nH]c4=O)c3c2)CCN1CC1CCCC1. The predicted molar refractivity (Wildman–Crippen MR) is 120 cm³/mol. The van der Waals surface area contributed by atoms with Gasteiger partial charge < -0.3 is 0 Å². The van der Waals surface area contributed by atoms with Crippen LogP contribution in [-0.4, -0.2) is 61.2 Å². The van der Waals surface area contributed by atoms with Gasteiger partial charge >= 0.3 is 5.69 Å². The van der Waals surface area contributed by atoms with Gasteiger partial charge in [-0.1, -0.05) is 12.8 Å². The van der Waals surface area contributed by atoms with Crippen molar-refractivity contribution in [2.45, 2.75) is 45.2 Å². The van der Waals surface area contributed by atoms with E-state index < -0.39 is 11.2 Å². The zero-order chi connectivity index (χ0) is 21.4. The zero-order valence-electron chi connectivity index (χ0n) is 18.0. The largest absolute Gasteiger partial charge is 0.333 e. The monoisotopic (exact) mass is 422 g/mol. The number of aromatic amines is 1. The molecule has 2 fully saturated rings. The van der Waals surface area contributed by atoms with E-state index in [4.69, 9.17) is 0 Å². The molecule has 0 aromatic carbocycles. The number of pyridine rings is 1. The van der Waals surface area contributed by atoms with Gasteiger partial charge in [0, 0.05) is 57.2 Å². The van der Waals surface area contributed by atoms with Crippen LogP contribution >= 0.6 is 0 Å². The van der Waals surface area contributed by atoms with Crippen LogP contribution in [-0.2, 0) is 6.54 Å². The van der Waals surface area contributed by atoms with E-state index >= 15 is 0 Å². The molecule has 3 aromatic heterocycles. The molecular formula is C23H30N6O2. The van der Waals surface area contributed by atoms with Crippen molar-refractivity contribution in [1.29, 1.82) is 0 Å². The second kappa shape index (κ2) is 8.43. The smallest absolute Gasteiger partial charge is 0.298 e. The van der Waals surface area contributed by atoms with Crippen molar-refractivity contribution in [1.82, 2.24) is 29.0 Å². The number of hydrogen-bond donors (Lipinski definition) is 1. The maximum atomic E-state index is 12.2. The molecule has 2 aliphatic rings. The van der Waals surface area contributed by atoms with Crippen molar-refractivity contribution in [3.63, 3.8) is 0 Å². The number of piperazine rings is 1. The summed E-state index contributed by atoms with van der Waals surface area (Å²) in [6, 6.07) is 6.11. The summed E-state index contributed by atoms with van der Waals surface area (Å²) in [6.07, 6.45) is 10.7. The van der Waals surface area contributed by atoms with Crippen molar-refractivity contribution in [3.8, 4) is 5.69 Å². The highest BCUT2D eigenvalue weighted by Gasteiger charge is 2.27. The van der Waals surface area contributed by atoms with Crippen LogP contribution in [0.15, 0.2) is 46.4 Å². The fraction of sp³-hybridized carbons (Fsp3) is 0.522. The van der Waals surface area contributed by atoms with Crippen LogP contribution in [0.3, 0.4) is 0 Å². The molecule has 1 aliphatic carbocycles. The first-order valence-electron chi connectivity index (χ1n) is 11.3. The van der Waals surface area contributed by atoms with Gasteiger partial charge in [0.1, 0.15) is 0 Å². The maximum absolute atomic E-state index is 12.2. The lowest BCUT2D eigenvalue weighted by molar-refractivity contribution is 0.0670. The van der Waals surface area contributed by atoms with Crippen molar-refractivity contribution < 1.29 is 0 Å². The second-order valence-corrected chi connectivity index (χ2v) is 9.10. The third kappa shape index (κ3) is 4.22. The number of aromatic nitrogens is 4. The summed E-state index contributed by atoms with van der Waals surface area (Å²) in [5, 5.41) is 4.36. The molecule has 5 rings (SSSR count). The lowest BCUT2D eigenvalue weighted by Gasteiger charge is -2.41. The molecule has 1 unspecified atom stereocenters. The number of nitrogens with one attached hydrogen (secondary N) is 1. The average Bonchev–Trinajstić information content (AvgIpc) is 3.40. The number of H-pyrrole nitrogens is 1. The summed E-state index contributed by atoms with van der Waals surface area (Å²) in [7, 11) is 0. The standard InChI is InChI=1S/C23H30N6O2/c1-17-14-26(10-11-27(17)16-18-4-2-3-5-18)15-19-6-9-29-20(12-19)21(13-24-29)28-8-7-22(30)25-23(28)31/h6-9,12-13,17-18H,2-5,10-11,14-16H2,1H3,(H,25,30,31). The Labute approximate surface area is 181 Å². The fourth-order valence-corrected chi connectivity index (χ4v) is 5.17. The van der Waals surface area contributed by atoms with E-state index in [-0.39, 0.29) is 0 Å². The Balaban J connectivity index is 1.31. The van der Waals surface area contributed by atoms with E-state index in [0.29, 0.717) is 11.7 Å². The van der Waals surface area contributed by atoms with Gasteiger partial charge in [0.2, 0.25) is 0 Å². The van der Waals surface area contributed by atoms with E-state index in [0.717, 1.165) is 37.6 Å². The minimum atomic E-state index is -0.458. The van der Waals surface area contributed by atoms with Gasteiger partial charge in [-0.15, -0.1) is 0 Å². The van der Waals surface area contributed by atoms with E-state index in [2.05, 4.69) is 38.9 Å². The minimum Gasteiger partial charge on any atom is -0.298 e. The lowest BCUT2D eigenvalue weighted by atomic mass is 10.0. The molecule has 1 saturated heterocycles. The van der Waals surface area contributed by atoms with Gasteiger partial charge in [0.25, 0.3) is 5.56 Å². The first kappa shape index (κ1) is 20.2. The van der Waals surface area contributed by atoms with E-state index in [9.17, 15) is 9.59 Å². The third-order valence-corrected chi connectivity index (χ3v) is 6.87.